The number of rotatable bonds is 5. The Kier molecular flexibility index (Phi) is 6.31. The molecule has 0 amide bonds. The van der Waals surface area contributed by atoms with Crippen molar-refractivity contribution >= 4 is 0 Å². The molecule has 0 spiro atoms. The van der Waals surface area contributed by atoms with E-state index in [-0.39, 0.29) is 18.5 Å². The second-order valence-electron chi connectivity index (χ2n) is 5.32. The standard InChI is InChI=1S/C15H26O4/c1-3-5-7-14-16-10-13(11-17-14)15-18-8-12(6-4-2)9-19-15/h4,6,12-15H,3,5,7-11H2,1-2H3/t12-,13-,14-,15-. The average Bonchev–Trinajstić information content (AvgIpc) is 2.47. The molecule has 0 saturated carbocycles. The maximum atomic E-state index is 5.77. The summed E-state index contributed by atoms with van der Waals surface area (Å²) in [5.41, 5.74) is 0. The maximum absolute atomic E-state index is 5.77. The van der Waals surface area contributed by atoms with Crippen LogP contribution >= 0.6 is 0 Å². The molecule has 2 heterocycles. The number of allylic oxidation sites excluding steroid dienone is 1. The molecule has 0 radical (unpaired) electrons. The van der Waals surface area contributed by atoms with Gasteiger partial charge in [0.05, 0.1) is 32.3 Å². The minimum atomic E-state index is -0.173. The van der Waals surface area contributed by atoms with Crippen molar-refractivity contribution in [1.82, 2.24) is 0 Å². The van der Waals surface area contributed by atoms with Gasteiger partial charge in [-0.2, -0.15) is 0 Å². The van der Waals surface area contributed by atoms with Gasteiger partial charge in [0.15, 0.2) is 12.6 Å². The van der Waals surface area contributed by atoms with Crippen molar-refractivity contribution in [3.63, 3.8) is 0 Å². The first-order valence-corrected chi connectivity index (χ1v) is 7.42. The molecule has 2 aliphatic heterocycles. The molecule has 2 rings (SSSR count). The number of ether oxygens (including phenoxy) is 4. The normalized spacial score (nSPS) is 36.7. The van der Waals surface area contributed by atoms with Crippen LogP contribution in [-0.4, -0.2) is 39.0 Å². The van der Waals surface area contributed by atoms with Crippen molar-refractivity contribution in [3.8, 4) is 0 Å². The van der Waals surface area contributed by atoms with Crippen LogP contribution in [0, 0.1) is 11.8 Å². The number of hydrogen-bond acceptors (Lipinski definition) is 4. The molecule has 2 aliphatic rings. The molecule has 19 heavy (non-hydrogen) atoms. The van der Waals surface area contributed by atoms with Crippen LogP contribution in [0.1, 0.15) is 33.1 Å². The zero-order valence-electron chi connectivity index (χ0n) is 12.0. The summed E-state index contributed by atoms with van der Waals surface area (Å²) in [5.74, 6) is 0.577. The Bertz CT molecular complexity index is 263. The van der Waals surface area contributed by atoms with E-state index in [1.165, 1.54) is 6.42 Å². The van der Waals surface area contributed by atoms with Gasteiger partial charge in [-0.05, 0) is 19.8 Å². The van der Waals surface area contributed by atoms with Gasteiger partial charge in [-0.15, -0.1) is 0 Å². The molecule has 4 nitrogen and oxygen atoms in total. The van der Waals surface area contributed by atoms with E-state index in [4.69, 9.17) is 18.9 Å². The van der Waals surface area contributed by atoms with E-state index in [2.05, 4.69) is 13.0 Å². The zero-order valence-corrected chi connectivity index (χ0v) is 12.0. The lowest BCUT2D eigenvalue weighted by molar-refractivity contribution is -0.278. The molecule has 2 saturated heterocycles. The predicted octanol–water partition coefficient (Wildman–Crippen LogP) is 2.73. The average molecular weight is 270 g/mol. The van der Waals surface area contributed by atoms with E-state index in [0.29, 0.717) is 19.1 Å². The lowest BCUT2D eigenvalue weighted by Crippen LogP contribution is -2.44. The lowest BCUT2D eigenvalue weighted by Gasteiger charge is -2.37. The van der Waals surface area contributed by atoms with E-state index in [0.717, 1.165) is 26.1 Å². The third-order valence-electron chi connectivity index (χ3n) is 3.58. The van der Waals surface area contributed by atoms with Crippen LogP contribution in [0.15, 0.2) is 12.2 Å². The Balaban J connectivity index is 1.68. The van der Waals surface area contributed by atoms with E-state index in [1.807, 2.05) is 13.0 Å². The predicted molar refractivity (Wildman–Crippen MR) is 72.7 cm³/mol. The van der Waals surface area contributed by atoms with Gasteiger partial charge in [0.25, 0.3) is 0 Å². The summed E-state index contributed by atoms with van der Waals surface area (Å²) in [6.07, 6.45) is 7.28. The molecule has 0 aromatic carbocycles. The second-order valence-corrected chi connectivity index (χ2v) is 5.32. The van der Waals surface area contributed by atoms with Crippen LogP contribution < -0.4 is 0 Å². The summed E-state index contributed by atoms with van der Waals surface area (Å²) in [6, 6.07) is 0. The first-order chi connectivity index (χ1) is 9.33. The number of unbranched alkanes of at least 4 members (excludes halogenated alkanes) is 1. The van der Waals surface area contributed by atoms with Crippen LogP contribution in [0.3, 0.4) is 0 Å². The topological polar surface area (TPSA) is 36.9 Å². The molecule has 0 bridgehead atoms. The van der Waals surface area contributed by atoms with Gasteiger partial charge < -0.3 is 18.9 Å². The lowest BCUT2D eigenvalue weighted by atomic mass is 10.1. The quantitative estimate of drug-likeness (QED) is 0.720. The minimum Gasteiger partial charge on any atom is -0.352 e. The summed E-state index contributed by atoms with van der Waals surface area (Å²) >= 11 is 0. The van der Waals surface area contributed by atoms with E-state index in [9.17, 15) is 0 Å². The van der Waals surface area contributed by atoms with Crippen LogP contribution in [0.4, 0.5) is 0 Å². The zero-order chi connectivity index (χ0) is 13.5. The van der Waals surface area contributed by atoms with Crippen LogP contribution in [0.25, 0.3) is 0 Å². The minimum absolute atomic E-state index is 0.0319. The highest BCUT2D eigenvalue weighted by Crippen LogP contribution is 2.24. The van der Waals surface area contributed by atoms with Gasteiger partial charge >= 0.3 is 0 Å². The highest BCUT2D eigenvalue weighted by Gasteiger charge is 2.32. The Labute approximate surface area is 116 Å². The summed E-state index contributed by atoms with van der Waals surface area (Å²) in [4.78, 5) is 0. The van der Waals surface area contributed by atoms with Gasteiger partial charge in [0.1, 0.15) is 0 Å². The fraction of sp³-hybridized carbons (Fsp3) is 0.867. The van der Waals surface area contributed by atoms with Crippen molar-refractivity contribution in [2.24, 2.45) is 11.8 Å². The van der Waals surface area contributed by atoms with Crippen molar-refractivity contribution in [3.05, 3.63) is 12.2 Å². The van der Waals surface area contributed by atoms with Crippen LogP contribution in [-0.2, 0) is 18.9 Å². The molecule has 0 aliphatic carbocycles. The fourth-order valence-electron chi connectivity index (χ4n) is 2.44. The first-order valence-electron chi connectivity index (χ1n) is 7.42. The van der Waals surface area contributed by atoms with Gasteiger partial charge in [0, 0.05) is 5.92 Å². The van der Waals surface area contributed by atoms with Crippen LogP contribution in [0.5, 0.6) is 0 Å². The third-order valence-corrected chi connectivity index (χ3v) is 3.58. The Morgan fingerprint density at radius 3 is 2.26 bits per heavy atom. The van der Waals surface area contributed by atoms with Crippen molar-refractivity contribution in [2.45, 2.75) is 45.7 Å². The van der Waals surface area contributed by atoms with Crippen LogP contribution in [0.2, 0.25) is 0 Å². The van der Waals surface area contributed by atoms with Gasteiger partial charge in [-0.25, -0.2) is 0 Å². The largest absolute Gasteiger partial charge is 0.352 e. The van der Waals surface area contributed by atoms with Crippen molar-refractivity contribution in [2.75, 3.05) is 26.4 Å². The molecule has 0 N–H and O–H groups in total. The molecule has 0 atom stereocenters. The Morgan fingerprint density at radius 2 is 1.68 bits per heavy atom. The van der Waals surface area contributed by atoms with Crippen molar-refractivity contribution in [1.29, 1.82) is 0 Å². The van der Waals surface area contributed by atoms with Crippen molar-refractivity contribution < 1.29 is 18.9 Å². The maximum Gasteiger partial charge on any atom is 0.164 e. The molecular weight excluding hydrogens is 244 g/mol. The van der Waals surface area contributed by atoms with Gasteiger partial charge in [-0.3, -0.25) is 0 Å². The van der Waals surface area contributed by atoms with E-state index < -0.39 is 0 Å². The molecule has 0 aromatic rings. The molecule has 0 unspecified atom stereocenters. The SMILES string of the molecule is CC=C[C@H]1CO[C@H]([C@H]2CO[C@H](CCCC)OC2)OC1. The first kappa shape index (κ1) is 15.0. The Hall–Kier alpha value is -0.420. The van der Waals surface area contributed by atoms with Gasteiger partial charge in [-0.1, -0.05) is 25.5 Å². The van der Waals surface area contributed by atoms with Gasteiger partial charge in [0.2, 0.25) is 0 Å². The highest BCUT2D eigenvalue weighted by molar-refractivity contribution is 4.87. The molecule has 110 valence electrons. The Morgan fingerprint density at radius 1 is 1.00 bits per heavy atom. The molecule has 4 heteroatoms. The smallest absolute Gasteiger partial charge is 0.164 e. The summed E-state index contributed by atoms with van der Waals surface area (Å²) in [7, 11) is 0. The molecule has 2 fully saturated rings. The van der Waals surface area contributed by atoms with E-state index >= 15 is 0 Å². The summed E-state index contributed by atoms with van der Waals surface area (Å²) in [5, 5.41) is 0. The summed E-state index contributed by atoms with van der Waals surface area (Å²) in [6.45, 7) is 7.00. The van der Waals surface area contributed by atoms with E-state index in [1.54, 1.807) is 0 Å². The summed E-state index contributed by atoms with van der Waals surface area (Å²) < 4.78 is 23.0. The fourth-order valence-corrected chi connectivity index (χ4v) is 2.44. The third kappa shape index (κ3) is 4.56. The highest BCUT2D eigenvalue weighted by atomic mass is 16.7. The number of hydrogen-bond donors (Lipinski definition) is 0. The monoisotopic (exact) mass is 270 g/mol. The second kappa shape index (κ2) is 8.00. The molecule has 0 aromatic heterocycles. The molecular formula is C15H26O4.